The summed E-state index contributed by atoms with van der Waals surface area (Å²) in [4.78, 5) is 0. The molecule has 3 heteroatoms. The first-order valence-corrected chi connectivity index (χ1v) is 5.62. The predicted molar refractivity (Wildman–Crippen MR) is 64.6 cm³/mol. The van der Waals surface area contributed by atoms with Crippen molar-refractivity contribution in [2.24, 2.45) is 7.05 Å². The average molecular weight is 263 g/mol. The van der Waals surface area contributed by atoms with Crippen LogP contribution in [0.25, 0.3) is 10.9 Å². The largest absolute Gasteiger partial charge is 0.350 e. The summed E-state index contributed by atoms with van der Waals surface area (Å²) in [6.07, 6.45) is 3.50. The van der Waals surface area contributed by atoms with Gasteiger partial charge in [-0.3, -0.25) is 0 Å². The maximum absolute atomic E-state index is 8.59. The van der Waals surface area contributed by atoms with Gasteiger partial charge in [-0.05, 0) is 30.2 Å². The first-order chi connectivity index (χ1) is 7.22. The van der Waals surface area contributed by atoms with Gasteiger partial charge in [0.05, 0.1) is 6.07 Å². The highest BCUT2D eigenvalue weighted by Crippen LogP contribution is 2.25. The number of nitrogens with zero attached hydrogens (tertiary/aromatic N) is 2. The van der Waals surface area contributed by atoms with Gasteiger partial charge in [-0.25, -0.2) is 0 Å². The van der Waals surface area contributed by atoms with Crippen molar-refractivity contribution in [2.45, 2.75) is 12.8 Å². The molecular formula is C12H11BrN2. The second-order valence-corrected chi connectivity index (χ2v) is 4.50. The van der Waals surface area contributed by atoms with Crippen LogP contribution in [0.2, 0.25) is 0 Å². The molecule has 2 nitrogen and oxygen atoms in total. The molecule has 0 fully saturated rings. The molecule has 0 unspecified atom stereocenters. The summed E-state index contributed by atoms with van der Waals surface area (Å²) >= 11 is 3.47. The van der Waals surface area contributed by atoms with E-state index in [4.69, 9.17) is 5.26 Å². The molecule has 15 heavy (non-hydrogen) atoms. The van der Waals surface area contributed by atoms with E-state index in [9.17, 15) is 0 Å². The zero-order chi connectivity index (χ0) is 10.8. The van der Waals surface area contributed by atoms with E-state index in [0.29, 0.717) is 6.42 Å². The molecule has 0 spiro atoms. The van der Waals surface area contributed by atoms with Crippen LogP contribution in [0.15, 0.2) is 28.9 Å². The van der Waals surface area contributed by atoms with Crippen molar-refractivity contribution >= 4 is 26.8 Å². The van der Waals surface area contributed by atoms with Crippen molar-refractivity contribution in [3.63, 3.8) is 0 Å². The molecule has 0 bridgehead atoms. The normalized spacial score (nSPS) is 10.5. The molecule has 2 rings (SSSR count). The number of benzene rings is 1. The summed E-state index contributed by atoms with van der Waals surface area (Å²) in [6, 6.07) is 8.43. The summed E-state index contributed by atoms with van der Waals surface area (Å²) in [5.74, 6) is 0. The summed E-state index contributed by atoms with van der Waals surface area (Å²) in [5, 5.41) is 9.83. The first-order valence-electron chi connectivity index (χ1n) is 4.83. The SMILES string of the molecule is Cn1cc(CCC#N)c2cc(Br)ccc21. The van der Waals surface area contributed by atoms with E-state index >= 15 is 0 Å². The van der Waals surface area contributed by atoms with Gasteiger partial charge in [0.25, 0.3) is 0 Å². The van der Waals surface area contributed by atoms with Crippen molar-refractivity contribution in [1.29, 1.82) is 5.26 Å². The molecule has 1 heterocycles. The van der Waals surface area contributed by atoms with Crippen molar-refractivity contribution in [2.75, 3.05) is 0 Å². The Morgan fingerprint density at radius 2 is 2.27 bits per heavy atom. The summed E-state index contributed by atoms with van der Waals surface area (Å²) < 4.78 is 3.19. The third-order valence-electron chi connectivity index (χ3n) is 2.54. The summed E-state index contributed by atoms with van der Waals surface area (Å²) in [5.41, 5.74) is 2.46. The maximum Gasteiger partial charge on any atom is 0.0625 e. The lowest BCUT2D eigenvalue weighted by atomic mass is 10.1. The molecule has 0 amide bonds. The Morgan fingerprint density at radius 3 is 3.00 bits per heavy atom. The number of hydrogen-bond acceptors (Lipinski definition) is 1. The lowest BCUT2D eigenvalue weighted by Crippen LogP contribution is -1.82. The number of aromatic nitrogens is 1. The van der Waals surface area contributed by atoms with E-state index < -0.39 is 0 Å². The number of rotatable bonds is 2. The van der Waals surface area contributed by atoms with Gasteiger partial charge in [0.15, 0.2) is 0 Å². The molecule has 0 aliphatic rings. The van der Waals surface area contributed by atoms with E-state index in [1.54, 1.807) is 0 Å². The van der Waals surface area contributed by atoms with Gasteiger partial charge in [-0.2, -0.15) is 5.26 Å². The van der Waals surface area contributed by atoms with Crippen LogP contribution in [0.5, 0.6) is 0 Å². The Kier molecular flexibility index (Phi) is 2.79. The number of aryl methyl sites for hydroxylation is 2. The number of halogens is 1. The monoisotopic (exact) mass is 262 g/mol. The van der Waals surface area contributed by atoms with Gasteiger partial charge in [0, 0.05) is 35.0 Å². The van der Waals surface area contributed by atoms with E-state index in [1.165, 1.54) is 16.5 Å². The Bertz CT molecular complexity index is 534. The summed E-state index contributed by atoms with van der Waals surface area (Å²) in [6.45, 7) is 0. The Balaban J connectivity index is 2.55. The molecule has 0 saturated heterocycles. The number of fused-ring (bicyclic) bond motifs is 1. The van der Waals surface area contributed by atoms with Gasteiger partial charge in [0.1, 0.15) is 0 Å². The van der Waals surface area contributed by atoms with Crippen molar-refractivity contribution in [3.05, 3.63) is 34.4 Å². The fourth-order valence-electron chi connectivity index (χ4n) is 1.84. The standard InChI is InChI=1S/C12H11BrN2/c1-15-8-9(3-2-6-14)11-7-10(13)4-5-12(11)15/h4-5,7-8H,2-3H2,1H3. The molecule has 0 atom stereocenters. The van der Waals surface area contributed by atoms with E-state index in [0.717, 1.165) is 10.9 Å². The third-order valence-corrected chi connectivity index (χ3v) is 3.03. The smallest absolute Gasteiger partial charge is 0.0625 e. The van der Waals surface area contributed by atoms with Crippen LogP contribution in [-0.4, -0.2) is 4.57 Å². The molecule has 0 saturated carbocycles. The number of nitriles is 1. The quantitative estimate of drug-likeness (QED) is 0.816. The van der Waals surface area contributed by atoms with Crippen LogP contribution in [0, 0.1) is 11.3 Å². The van der Waals surface area contributed by atoms with E-state index in [-0.39, 0.29) is 0 Å². The van der Waals surface area contributed by atoms with Crippen LogP contribution in [0.3, 0.4) is 0 Å². The summed E-state index contributed by atoms with van der Waals surface area (Å²) in [7, 11) is 2.03. The Morgan fingerprint density at radius 1 is 1.47 bits per heavy atom. The fourth-order valence-corrected chi connectivity index (χ4v) is 2.20. The zero-order valence-electron chi connectivity index (χ0n) is 8.50. The topological polar surface area (TPSA) is 28.7 Å². The van der Waals surface area contributed by atoms with Crippen LogP contribution >= 0.6 is 15.9 Å². The molecule has 1 aromatic heterocycles. The number of hydrogen-bond donors (Lipinski definition) is 0. The lowest BCUT2D eigenvalue weighted by molar-refractivity contribution is 0.940. The van der Waals surface area contributed by atoms with Gasteiger partial charge in [-0.15, -0.1) is 0 Å². The van der Waals surface area contributed by atoms with Crippen molar-refractivity contribution < 1.29 is 0 Å². The molecule has 0 aliphatic heterocycles. The van der Waals surface area contributed by atoms with Crippen LogP contribution in [-0.2, 0) is 13.5 Å². The van der Waals surface area contributed by atoms with Gasteiger partial charge in [-0.1, -0.05) is 15.9 Å². The van der Waals surface area contributed by atoms with Crippen LogP contribution < -0.4 is 0 Å². The Labute approximate surface area is 97.3 Å². The predicted octanol–water partition coefficient (Wildman–Crippen LogP) is 3.40. The molecular weight excluding hydrogens is 252 g/mol. The minimum absolute atomic E-state index is 0.575. The Hall–Kier alpha value is -1.27. The van der Waals surface area contributed by atoms with Gasteiger partial charge >= 0.3 is 0 Å². The lowest BCUT2D eigenvalue weighted by Gasteiger charge is -1.96. The average Bonchev–Trinajstić information content (AvgIpc) is 2.52. The van der Waals surface area contributed by atoms with Crippen molar-refractivity contribution in [3.8, 4) is 6.07 Å². The minimum Gasteiger partial charge on any atom is -0.350 e. The van der Waals surface area contributed by atoms with Gasteiger partial charge < -0.3 is 4.57 Å². The molecule has 0 radical (unpaired) electrons. The third kappa shape index (κ3) is 1.91. The van der Waals surface area contributed by atoms with E-state index in [1.807, 2.05) is 13.1 Å². The molecule has 76 valence electrons. The maximum atomic E-state index is 8.59. The molecule has 0 N–H and O–H groups in total. The van der Waals surface area contributed by atoms with Crippen LogP contribution in [0.4, 0.5) is 0 Å². The fraction of sp³-hybridized carbons (Fsp3) is 0.250. The van der Waals surface area contributed by atoms with E-state index in [2.05, 4.69) is 44.9 Å². The second-order valence-electron chi connectivity index (χ2n) is 3.58. The highest BCUT2D eigenvalue weighted by molar-refractivity contribution is 9.10. The highest BCUT2D eigenvalue weighted by Gasteiger charge is 2.06. The molecule has 2 aromatic rings. The zero-order valence-corrected chi connectivity index (χ0v) is 10.1. The van der Waals surface area contributed by atoms with Gasteiger partial charge in [0.2, 0.25) is 0 Å². The van der Waals surface area contributed by atoms with Crippen LogP contribution in [0.1, 0.15) is 12.0 Å². The molecule has 0 aliphatic carbocycles. The second kappa shape index (κ2) is 4.08. The minimum atomic E-state index is 0.575. The van der Waals surface area contributed by atoms with Crippen molar-refractivity contribution in [1.82, 2.24) is 4.57 Å². The molecule has 1 aromatic carbocycles. The first kappa shape index (κ1) is 10.3. The highest BCUT2D eigenvalue weighted by atomic mass is 79.9.